The number of hydrogen-bond acceptors (Lipinski definition) is 3. The quantitative estimate of drug-likeness (QED) is 0.861. The molecule has 1 saturated carbocycles. The van der Waals surface area contributed by atoms with Gasteiger partial charge in [-0.05, 0) is 25.0 Å². The zero-order valence-corrected chi connectivity index (χ0v) is 9.09. The van der Waals surface area contributed by atoms with Gasteiger partial charge in [-0.3, -0.25) is 0 Å². The van der Waals surface area contributed by atoms with Crippen LogP contribution in [0.2, 0.25) is 0 Å². The lowest BCUT2D eigenvalue weighted by Gasteiger charge is -2.07. The Labute approximate surface area is 92.8 Å². The first kappa shape index (κ1) is 11.0. The number of hydrogen-bond donors (Lipinski definition) is 1. The van der Waals surface area contributed by atoms with Gasteiger partial charge in [0.15, 0.2) is 0 Å². The standard InChI is InChI=1S/C10H9FN2O2S/c11-9-2-1-3-10(8(9)6-12)16(14,15)13-7-4-5-7/h1-3,7,13H,4-5H2. The molecule has 16 heavy (non-hydrogen) atoms. The molecule has 2 rings (SSSR count). The van der Waals surface area contributed by atoms with Crippen molar-refractivity contribution in [2.24, 2.45) is 0 Å². The Bertz CT molecular complexity index is 559. The summed E-state index contributed by atoms with van der Waals surface area (Å²) in [5, 5.41) is 8.73. The number of benzene rings is 1. The number of nitrogens with one attached hydrogen (secondary N) is 1. The zero-order valence-electron chi connectivity index (χ0n) is 8.27. The zero-order chi connectivity index (χ0) is 11.8. The summed E-state index contributed by atoms with van der Waals surface area (Å²) in [6.07, 6.45) is 1.58. The largest absolute Gasteiger partial charge is 0.242 e. The van der Waals surface area contributed by atoms with Gasteiger partial charge in [-0.15, -0.1) is 0 Å². The van der Waals surface area contributed by atoms with E-state index in [0.29, 0.717) is 0 Å². The fraction of sp³-hybridized carbons (Fsp3) is 0.300. The molecule has 0 heterocycles. The van der Waals surface area contributed by atoms with E-state index in [0.717, 1.165) is 18.9 Å². The lowest BCUT2D eigenvalue weighted by molar-refractivity contribution is 0.576. The molecule has 0 saturated heterocycles. The van der Waals surface area contributed by atoms with Crippen LogP contribution in [0.25, 0.3) is 0 Å². The molecule has 0 atom stereocenters. The third-order valence-corrected chi connectivity index (χ3v) is 3.84. The normalized spacial score (nSPS) is 15.8. The molecule has 4 nitrogen and oxygen atoms in total. The summed E-state index contributed by atoms with van der Waals surface area (Å²) >= 11 is 0. The van der Waals surface area contributed by atoms with Crippen molar-refractivity contribution in [2.75, 3.05) is 0 Å². The molecule has 6 heteroatoms. The first-order valence-corrected chi connectivity index (χ1v) is 6.24. The van der Waals surface area contributed by atoms with E-state index < -0.39 is 21.4 Å². The van der Waals surface area contributed by atoms with E-state index in [1.807, 2.05) is 0 Å². The van der Waals surface area contributed by atoms with Gasteiger partial charge in [0.05, 0.1) is 0 Å². The number of nitrogens with zero attached hydrogens (tertiary/aromatic N) is 1. The minimum atomic E-state index is -3.77. The van der Waals surface area contributed by atoms with Crippen LogP contribution in [0.1, 0.15) is 18.4 Å². The molecule has 0 bridgehead atoms. The van der Waals surface area contributed by atoms with Gasteiger partial charge < -0.3 is 0 Å². The lowest BCUT2D eigenvalue weighted by atomic mass is 10.2. The smallest absolute Gasteiger partial charge is 0.208 e. The number of halogens is 1. The number of rotatable bonds is 3. The highest BCUT2D eigenvalue weighted by molar-refractivity contribution is 7.89. The lowest BCUT2D eigenvalue weighted by Crippen LogP contribution is -2.26. The van der Waals surface area contributed by atoms with E-state index in [4.69, 9.17) is 5.26 Å². The molecule has 0 amide bonds. The molecule has 84 valence electrons. The Hall–Kier alpha value is -1.45. The van der Waals surface area contributed by atoms with Crippen LogP contribution in [0.15, 0.2) is 23.1 Å². The Morgan fingerprint density at radius 2 is 2.12 bits per heavy atom. The maximum Gasteiger partial charge on any atom is 0.242 e. The number of sulfonamides is 1. The van der Waals surface area contributed by atoms with Crippen molar-refractivity contribution < 1.29 is 12.8 Å². The molecule has 1 aromatic carbocycles. The molecular weight excluding hydrogens is 231 g/mol. The highest BCUT2D eigenvalue weighted by atomic mass is 32.2. The van der Waals surface area contributed by atoms with Crippen LogP contribution in [-0.2, 0) is 10.0 Å². The highest BCUT2D eigenvalue weighted by Gasteiger charge is 2.30. The van der Waals surface area contributed by atoms with Crippen molar-refractivity contribution in [3.63, 3.8) is 0 Å². The predicted octanol–water partition coefficient (Wildman–Crippen LogP) is 1.14. The van der Waals surface area contributed by atoms with Crippen molar-refractivity contribution in [1.82, 2.24) is 4.72 Å². The van der Waals surface area contributed by atoms with E-state index in [9.17, 15) is 12.8 Å². The minimum absolute atomic E-state index is 0.0696. The monoisotopic (exact) mass is 240 g/mol. The summed E-state index contributed by atoms with van der Waals surface area (Å²) in [6.45, 7) is 0. The molecule has 0 unspecified atom stereocenters. The summed E-state index contributed by atoms with van der Waals surface area (Å²) in [4.78, 5) is -0.290. The van der Waals surface area contributed by atoms with Crippen LogP contribution >= 0.6 is 0 Å². The maximum absolute atomic E-state index is 13.2. The topological polar surface area (TPSA) is 70.0 Å². The molecule has 0 aromatic heterocycles. The van der Waals surface area contributed by atoms with Gasteiger partial charge in [-0.1, -0.05) is 6.07 Å². The SMILES string of the molecule is N#Cc1c(F)cccc1S(=O)(=O)NC1CC1. The van der Waals surface area contributed by atoms with Crippen LogP contribution in [-0.4, -0.2) is 14.5 Å². The van der Waals surface area contributed by atoms with E-state index in [1.165, 1.54) is 12.1 Å². The Morgan fingerprint density at radius 1 is 1.44 bits per heavy atom. The van der Waals surface area contributed by atoms with E-state index in [2.05, 4.69) is 4.72 Å². The van der Waals surface area contributed by atoms with Crippen LogP contribution in [0.5, 0.6) is 0 Å². The first-order valence-electron chi connectivity index (χ1n) is 4.75. The van der Waals surface area contributed by atoms with Gasteiger partial charge in [-0.2, -0.15) is 5.26 Å². The molecule has 1 aliphatic carbocycles. The summed E-state index contributed by atoms with van der Waals surface area (Å²) in [6, 6.07) is 5.07. The van der Waals surface area contributed by atoms with Crippen LogP contribution < -0.4 is 4.72 Å². The van der Waals surface area contributed by atoms with Gasteiger partial charge in [-0.25, -0.2) is 17.5 Å². The van der Waals surface area contributed by atoms with E-state index in [1.54, 1.807) is 6.07 Å². The van der Waals surface area contributed by atoms with Crippen molar-refractivity contribution in [2.45, 2.75) is 23.8 Å². The first-order chi connectivity index (χ1) is 7.54. The molecule has 1 fully saturated rings. The Morgan fingerprint density at radius 3 is 2.69 bits per heavy atom. The molecule has 0 aliphatic heterocycles. The second-order valence-electron chi connectivity index (χ2n) is 3.62. The average Bonchev–Trinajstić information content (AvgIpc) is 3.00. The Kier molecular flexibility index (Phi) is 2.66. The summed E-state index contributed by atoms with van der Waals surface area (Å²) in [5.41, 5.74) is -0.435. The van der Waals surface area contributed by atoms with Crippen LogP contribution in [0.4, 0.5) is 4.39 Å². The van der Waals surface area contributed by atoms with Crippen LogP contribution in [0.3, 0.4) is 0 Å². The fourth-order valence-corrected chi connectivity index (χ4v) is 2.79. The van der Waals surface area contributed by atoms with Gasteiger partial charge in [0, 0.05) is 6.04 Å². The summed E-state index contributed by atoms with van der Waals surface area (Å²) in [7, 11) is -3.77. The second kappa shape index (κ2) is 3.85. The third-order valence-electron chi connectivity index (χ3n) is 2.28. The Balaban J connectivity index is 2.47. The molecule has 1 aromatic rings. The summed E-state index contributed by atoms with van der Waals surface area (Å²) < 4.78 is 39.2. The summed E-state index contributed by atoms with van der Waals surface area (Å²) in [5.74, 6) is -0.818. The van der Waals surface area contributed by atoms with Gasteiger partial charge >= 0.3 is 0 Å². The van der Waals surface area contributed by atoms with Gasteiger partial charge in [0.2, 0.25) is 10.0 Å². The van der Waals surface area contributed by atoms with E-state index in [-0.39, 0.29) is 10.9 Å². The minimum Gasteiger partial charge on any atom is -0.208 e. The van der Waals surface area contributed by atoms with E-state index >= 15 is 0 Å². The second-order valence-corrected chi connectivity index (χ2v) is 5.30. The third kappa shape index (κ3) is 2.05. The van der Waals surface area contributed by atoms with Crippen molar-refractivity contribution in [3.8, 4) is 6.07 Å². The van der Waals surface area contributed by atoms with Crippen LogP contribution in [0, 0.1) is 17.1 Å². The molecule has 0 radical (unpaired) electrons. The van der Waals surface area contributed by atoms with Gasteiger partial charge in [0.1, 0.15) is 22.3 Å². The van der Waals surface area contributed by atoms with Crippen molar-refractivity contribution in [1.29, 1.82) is 5.26 Å². The fourth-order valence-electron chi connectivity index (χ4n) is 1.32. The van der Waals surface area contributed by atoms with Crippen molar-refractivity contribution >= 4 is 10.0 Å². The predicted molar refractivity (Wildman–Crippen MR) is 54.5 cm³/mol. The number of nitriles is 1. The highest BCUT2D eigenvalue weighted by Crippen LogP contribution is 2.24. The van der Waals surface area contributed by atoms with Gasteiger partial charge in [0.25, 0.3) is 0 Å². The molecule has 0 spiro atoms. The average molecular weight is 240 g/mol. The molecule has 1 aliphatic rings. The molecular formula is C10H9FN2O2S. The maximum atomic E-state index is 13.2. The van der Waals surface area contributed by atoms with Crippen molar-refractivity contribution in [3.05, 3.63) is 29.6 Å². The molecule has 1 N–H and O–H groups in total.